The molecule has 5 aromatic rings. The van der Waals surface area contributed by atoms with E-state index in [1.165, 1.54) is 12.1 Å². The number of nitrogens with zero attached hydrogens (tertiary/aromatic N) is 6. The maximum Gasteiger partial charge on any atom is 0.338 e. The number of hydrogen-bond donors (Lipinski definition) is 2. The van der Waals surface area contributed by atoms with Gasteiger partial charge in [-0.25, -0.2) is 14.2 Å². The number of rotatable bonds is 8. The van der Waals surface area contributed by atoms with Gasteiger partial charge >= 0.3 is 5.69 Å². The molecule has 1 aromatic carbocycles. The fraction of sp³-hybridized carbons (Fsp3) is 0.310. The van der Waals surface area contributed by atoms with Crippen LogP contribution in [0.2, 0.25) is 0 Å². The number of halogens is 1. The first-order valence-corrected chi connectivity index (χ1v) is 13.0. The maximum atomic E-state index is 14.4. The van der Waals surface area contributed by atoms with Crippen molar-refractivity contribution >= 4 is 5.52 Å². The Morgan fingerprint density at radius 1 is 1.10 bits per heavy atom. The van der Waals surface area contributed by atoms with E-state index in [4.69, 9.17) is 4.98 Å². The van der Waals surface area contributed by atoms with Crippen molar-refractivity contribution in [1.29, 1.82) is 0 Å². The molecule has 0 spiro atoms. The molecule has 39 heavy (non-hydrogen) atoms. The van der Waals surface area contributed by atoms with E-state index in [-0.39, 0.29) is 11.5 Å². The Hall–Kier alpha value is -4.15. The molecule has 4 heterocycles. The molecule has 0 atom stereocenters. The first-order valence-electron chi connectivity index (χ1n) is 13.0. The van der Waals surface area contributed by atoms with Crippen molar-refractivity contribution < 1.29 is 9.50 Å². The molecule has 1 aliphatic carbocycles. The summed E-state index contributed by atoms with van der Waals surface area (Å²) in [5.74, 6) is 1.03. The Bertz CT molecular complexity index is 1740. The second-order valence-electron chi connectivity index (χ2n) is 10.9. The number of aliphatic hydroxyl groups is 1. The molecular weight excluding hydrogens is 497 g/mol. The Labute approximate surface area is 224 Å². The van der Waals surface area contributed by atoms with E-state index in [2.05, 4.69) is 15.5 Å². The lowest BCUT2D eigenvalue weighted by Gasteiger charge is -2.17. The van der Waals surface area contributed by atoms with Crippen LogP contribution in [0.4, 0.5) is 4.39 Å². The van der Waals surface area contributed by atoms with Gasteiger partial charge in [-0.2, -0.15) is 0 Å². The van der Waals surface area contributed by atoms with Gasteiger partial charge in [0.1, 0.15) is 18.0 Å². The quantitative estimate of drug-likeness (QED) is 0.318. The summed E-state index contributed by atoms with van der Waals surface area (Å²) in [5, 5.41) is 21.3. The van der Waals surface area contributed by atoms with Crippen LogP contribution in [-0.2, 0) is 13.6 Å². The molecule has 0 unspecified atom stereocenters. The summed E-state index contributed by atoms with van der Waals surface area (Å²) in [4.78, 5) is 18.4. The topological polar surface area (TPSA) is 102 Å². The van der Waals surface area contributed by atoms with Crippen LogP contribution in [0, 0.1) is 5.82 Å². The number of aromatic nitrogens is 6. The molecule has 0 saturated heterocycles. The average Bonchev–Trinajstić information content (AvgIpc) is 3.58. The van der Waals surface area contributed by atoms with Crippen molar-refractivity contribution in [2.24, 2.45) is 7.05 Å². The van der Waals surface area contributed by atoms with Gasteiger partial charge in [-0.15, -0.1) is 10.2 Å². The standard InChI is InChI=1S/C29H30FN7O2/c1-29(2,39)16-31-13-18-4-8-22-15-37(28(38)36(22)14-18)26-11-20(10-25(33-26)19-5-6-19)23-9-7-21(30)12-24(23)27-34-32-17-35(27)3/h4,7-12,14-15,17,19,31,39H,5-6,13,16H2,1-3H3. The smallest absolute Gasteiger partial charge is 0.338 e. The second kappa shape index (κ2) is 9.55. The number of benzene rings is 1. The lowest BCUT2D eigenvalue weighted by molar-refractivity contribution is 0.0795. The van der Waals surface area contributed by atoms with Crippen LogP contribution in [0.1, 0.15) is 43.9 Å². The van der Waals surface area contributed by atoms with Crippen molar-refractivity contribution in [3.05, 3.63) is 88.7 Å². The van der Waals surface area contributed by atoms with Gasteiger partial charge in [0.25, 0.3) is 0 Å². The number of pyridine rings is 2. The molecule has 0 aliphatic heterocycles. The highest BCUT2D eigenvalue weighted by molar-refractivity contribution is 5.81. The number of nitrogens with one attached hydrogen (secondary N) is 1. The monoisotopic (exact) mass is 527 g/mol. The number of aryl methyl sites for hydroxylation is 1. The predicted molar refractivity (Wildman–Crippen MR) is 146 cm³/mol. The van der Waals surface area contributed by atoms with E-state index >= 15 is 0 Å². The Balaban J connectivity index is 1.43. The van der Waals surface area contributed by atoms with Crippen molar-refractivity contribution in [2.45, 2.75) is 44.8 Å². The lowest BCUT2D eigenvalue weighted by atomic mass is 9.98. The molecule has 200 valence electrons. The van der Waals surface area contributed by atoms with Gasteiger partial charge in [0.2, 0.25) is 0 Å². The van der Waals surface area contributed by atoms with Gasteiger partial charge in [0.15, 0.2) is 5.82 Å². The lowest BCUT2D eigenvalue weighted by Crippen LogP contribution is -2.34. The normalized spacial score (nSPS) is 13.9. The van der Waals surface area contributed by atoms with Crippen LogP contribution >= 0.6 is 0 Å². The molecule has 9 nitrogen and oxygen atoms in total. The highest BCUT2D eigenvalue weighted by atomic mass is 19.1. The summed E-state index contributed by atoms with van der Waals surface area (Å²) < 4.78 is 19.3. The highest BCUT2D eigenvalue weighted by Gasteiger charge is 2.27. The molecule has 1 fully saturated rings. The van der Waals surface area contributed by atoms with Crippen LogP contribution < -0.4 is 11.0 Å². The van der Waals surface area contributed by atoms with E-state index in [0.29, 0.717) is 36.2 Å². The summed E-state index contributed by atoms with van der Waals surface area (Å²) in [6.45, 7) is 4.44. The van der Waals surface area contributed by atoms with E-state index in [9.17, 15) is 14.3 Å². The predicted octanol–water partition coefficient (Wildman–Crippen LogP) is 3.82. The molecule has 0 bridgehead atoms. The maximum absolute atomic E-state index is 14.4. The van der Waals surface area contributed by atoms with Crippen molar-refractivity contribution in [3.8, 4) is 28.3 Å². The fourth-order valence-electron chi connectivity index (χ4n) is 4.80. The third-order valence-electron chi connectivity index (χ3n) is 6.92. The Morgan fingerprint density at radius 2 is 1.92 bits per heavy atom. The zero-order valence-corrected chi connectivity index (χ0v) is 22.1. The SMILES string of the molecule is Cn1cnnc1-c1cc(F)ccc1-c1cc(C2CC2)nc(-n2cc3ccc(CNCC(C)(C)O)cn3c2=O)c1. The van der Waals surface area contributed by atoms with Gasteiger partial charge in [-0.3, -0.25) is 8.97 Å². The van der Waals surface area contributed by atoms with E-state index in [1.807, 2.05) is 37.5 Å². The summed E-state index contributed by atoms with van der Waals surface area (Å²) in [6.07, 6.45) is 7.27. The summed E-state index contributed by atoms with van der Waals surface area (Å²) in [7, 11) is 1.82. The van der Waals surface area contributed by atoms with Gasteiger partial charge < -0.3 is 15.0 Å². The van der Waals surface area contributed by atoms with E-state index in [0.717, 1.165) is 40.7 Å². The molecule has 4 aromatic heterocycles. The molecule has 0 amide bonds. The zero-order valence-electron chi connectivity index (χ0n) is 22.1. The van der Waals surface area contributed by atoms with Gasteiger partial charge in [0, 0.05) is 49.7 Å². The van der Waals surface area contributed by atoms with Gasteiger partial charge in [-0.1, -0.05) is 12.1 Å². The summed E-state index contributed by atoms with van der Waals surface area (Å²) in [6, 6.07) is 12.4. The molecule has 2 N–H and O–H groups in total. The van der Waals surface area contributed by atoms with E-state index < -0.39 is 5.60 Å². The third kappa shape index (κ3) is 5.13. The minimum Gasteiger partial charge on any atom is -0.389 e. The first-order chi connectivity index (χ1) is 18.7. The zero-order chi connectivity index (χ0) is 27.3. The summed E-state index contributed by atoms with van der Waals surface area (Å²) >= 11 is 0. The number of hydrogen-bond acceptors (Lipinski definition) is 6. The van der Waals surface area contributed by atoms with Crippen molar-refractivity contribution in [2.75, 3.05) is 6.54 Å². The summed E-state index contributed by atoms with van der Waals surface area (Å²) in [5.41, 5.74) is 3.76. The molecule has 1 saturated carbocycles. The van der Waals surface area contributed by atoms with Crippen LogP contribution in [0.5, 0.6) is 0 Å². The molecule has 10 heteroatoms. The number of fused-ring (bicyclic) bond motifs is 1. The molecule has 0 radical (unpaired) electrons. The van der Waals surface area contributed by atoms with Crippen molar-refractivity contribution in [3.63, 3.8) is 0 Å². The van der Waals surface area contributed by atoms with Crippen LogP contribution in [0.3, 0.4) is 0 Å². The number of imidazole rings is 1. The minimum atomic E-state index is -0.822. The second-order valence-corrected chi connectivity index (χ2v) is 10.9. The largest absolute Gasteiger partial charge is 0.389 e. The highest BCUT2D eigenvalue weighted by Crippen LogP contribution is 2.41. The fourth-order valence-corrected chi connectivity index (χ4v) is 4.80. The van der Waals surface area contributed by atoms with Gasteiger partial charge in [0.05, 0.1) is 11.1 Å². The van der Waals surface area contributed by atoms with Crippen LogP contribution in [-0.4, -0.2) is 46.0 Å². The molecular formula is C29H30FN7O2. The first kappa shape index (κ1) is 25.1. The minimum absolute atomic E-state index is 0.228. The molecule has 1 aliphatic rings. The average molecular weight is 528 g/mol. The molecule has 6 rings (SSSR count). The Morgan fingerprint density at radius 3 is 2.64 bits per heavy atom. The van der Waals surface area contributed by atoms with Gasteiger partial charge in [-0.05, 0) is 73.7 Å². The van der Waals surface area contributed by atoms with Crippen LogP contribution in [0.15, 0.2) is 66.0 Å². The van der Waals surface area contributed by atoms with E-state index in [1.54, 1.807) is 46.0 Å². The van der Waals surface area contributed by atoms with Crippen LogP contribution in [0.25, 0.3) is 33.8 Å². The Kier molecular flexibility index (Phi) is 6.16. The third-order valence-corrected chi connectivity index (χ3v) is 6.92. The van der Waals surface area contributed by atoms with Crippen molar-refractivity contribution in [1.82, 2.24) is 34.0 Å².